The molecular weight excluding hydrogens is 307 g/mol. The summed E-state index contributed by atoms with van der Waals surface area (Å²) in [5.74, 6) is -0.690. The van der Waals surface area contributed by atoms with Crippen molar-refractivity contribution in [2.45, 2.75) is 13.8 Å². The number of carbonyl (C=O) groups excluding carboxylic acids is 1. The van der Waals surface area contributed by atoms with Gasteiger partial charge in [-0.15, -0.1) is 0 Å². The Balaban J connectivity index is 2.38. The third-order valence-corrected chi connectivity index (χ3v) is 3.48. The maximum absolute atomic E-state index is 14.2. The lowest BCUT2D eigenvalue weighted by molar-refractivity contribution is -0.130. The van der Waals surface area contributed by atoms with Crippen molar-refractivity contribution in [1.29, 1.82) is 0 Å². The minimum atomic E-state index is -0.657. The van der Waals surface area contributed by atoms with Gasteiger partial charge in [0.05, 0.1) is 7.11 Å². The zero-order valence-corrected chi connectivity index (χ0v) is 14.0. The zero-order valence-electron chi connectivity index (χ0n) is 14.0. The second-order valence-corrected chi connectivity index (χ2v) is 5.51. The summed E-state index contributed by atoms with van der Waals surface area (Å²) < 4.78 is 24.5. The number of hydrogen-bond acceptors (Lipinski definition) is 3. The van der Waals surface area contributed by atoms with Crippen LogP contribution in [0.15, 0.2) is 55.1 Å². The van der Waals surface area contributed by atoms with Gasteiger partial charge in [0.1, 0.15) is 5.75 Å². The second kappa shape index (κ2) is 7.13. The average molecular weight is 326 g/mol. The first-order valence-corrected chi connectivity index (χ1v) is 7.35. The van der Waals surface area contributed by atoms with Crippen molar-refractivity contribution < 1.29 is 18.7 Å². The van der Waals surface area contributed by atoms with Crippen LogP contribution in [0.5, 0.6) is 11.5 Å². The van der Waals surface area contributed by atoms with E-state index < -0.39 is 11.8 Å². The van der Waals surface area contributed by atoms with Gasteiger partial charge in [-0.05, 0) is 54.8 Å². The standard InChI is InChI=1S/C20H19FO3/c1-12(2)16-10-14(6-8-18(16)23-5)15-7-9-19(17(21)11-15)24-20(22)13(3)4/h6-11H,1,3H2,2,4-5H3. The van der Waals surface area contributed by atoms with Crippen LogP contribution < -0.4 is 9.47 Å². The first kappa shape index (κ1) is 17.5. The van der Waals surface area contributed by atoms with Crippen LogP contribution in [0.3, 0.4) is 0 Å². The lowest BCUT2D eigenvalue weighted by Gasteiger charge is -2.12. The minimum absolute atomic E-state index is 0.125. The van der Waals surface area contributed by atoms with Crippen LogP contribution in [0, 0.1) is 5.82 Å². The van der Waals surface area contributed by atoms with Gasteiger partial charge in [-0.2, -0.15) is 0 Å². The van der Waals surface area contributed by atoms with Crippen LogP contribution in [0.4, 0.5) is 4.39 Å². The van der Waals surface area contributed by atoms with Crippen molar-refractivity contribution in [3.05, 3.63) is 66.5 Å². The molecule has 2 rings (SSSR count). The normalized spacial score (nSPS) is 10.2. The quantitative estimate of drug-likeness (QED) is 0.440. The zero-order chi connectivity index (χ0) is 17.9. The highest BCUT2D eigenvalue weighted by molar-refractivity contribution is 5.88. The summed E-state index contributed by atoms with van der Waals surface area (Å²) in [6, 6.07) is 9.97. The molecule has 0 aromatic heterocycles. The number of allylic oxidation sites excluding steroid dienone is 1. The smallest absolute Gasteiger partial charge is 0.338 e. The SMILES string of the molecule is C=C(C)C(=O)Oc1ccc(-c2ccc(OC)c(C(=C)C)c2)cc1F. The third-order valence-electron chi connectivity index (χ3n) is 3.48. The highest BCUT2D eigenvalue weighted by Gasteiger charge is 2.12. The predicted molar refractivity (Wildman–Crippen MR) is 93.5 cm³/mol. The Hall–Kier alpha value is -2.88. The van der Waals surface area contributed by atoms with E-state index in [-0.39, 0.29) is 11.3 Å². The molecule has 4 heteroatoms. The van der Waals surface area contributed by atoms with Gasteiger partial charge in [0, 0.05) is 11.1 Å². The van der Waals surface area contributed by atoms with Crippen molar-refractivity contribution >= 4 is 11.5 Å². The molecule has 0 N–H and O–H groups in total. The number of halogens is 1. The first-order chi connectivity index (χ1) is 11.3. The number of benzene rings is 2. The van der Waals surface area contributed by atoms with E-state index >= 15 is 0 Å². The Kier molecular flexibility index (Phi) is 5.19. The highest BCUT2D eigenvalue weighted by atomic mass is 19.1. The molecule has 0 saturated carbocycles. The molecule has 124 valence electrons. The first-order valence-electron chi connectivity index (χ1n) is 7.35. The topological polar surface area (TPSA) is 35.5 Å². The van der Waals surface area contributed by atoms with Crippen molar-refractivity contribution in [3.8, 4) is 22.6 Å². The molecule has 0 aliphatic carbocycles. The molecule has 0 spiro atoms. The van der Waals surface area contributed by atoms with Gasteiger partial charge in [-0.3, -0.25) is 0 Å². The molecule has 24 heavy (non-hydrogen) atoms. The molecule has 0 atom stereocenters. The Labute approximate surface area is 141 Å². The van der Waals surface area contributed by atoms with E-state index in [9.17, 15) is 9.18 Å². The number of esters is 1. The predicted octanol–water partition coefficient (Wildman–Crippen LogP) is 5.02. The molecule has 2 aromatic rings. The molecule has 0 fully saturated rings. The second-order valence-electron chi connectivity index (χ2n) is 5.51. The number of hydrogen-bond donors (Lipinski definition) is 0. The van der Waals surface area contributed by atoms with Crippen molar-refractivity contribution in [1.82, 2.24) is 0 Å². The van der Waals surface area contributed by atoms with E-state index in [0.717, 1.165) is 16.7 Å². The largest absolute Gasteiger partial charge is 0.496 e. The summed E-state index contributed by atoms with van der Waals surface area (Å²) in [6.45, 7) is 10.8. The monoisotopic (exact) mass is 326 g/mol. The fourth-order valence-corrected chi connectivity index (χ4v) is 2.17. The Morgan fingerprint density at radius 2 is 1.58 bits per heavy atom. The number of carbonyl (C=O) groups is 1. The van der Waals surface area contributed by atoms with Crippen molar-refractivity contribution in [2.75, 3.05) is 7.11 Å². The van der Waals surface area contributed by atoms with Crippen LogP contribution >= 0.6 is 0 Å². The number of ether oxygens (including phenoxy) is 2. The lowest BCUT2D eigenvalue weighted by atomic mass is 9.99. The van der Waals surface area contributed by atoms with Gasteiger partial charge in [-0.1, -0.05) is 25.3 Å². The van der Waals surface area contributed by atoms with E-state index in [1.54, 1.807) is 13.2 Å². The van der Waals surface area contributed by atoms with E-state index in [2.05, 4.69) is 13.2 Å². The maximum Gasteiger partial charge on any atom is 0.338 e. The summed E-state index contributed by atoms with van der Waals surface area (Å²) in [4.78, 5) is 11.5. The summed E-state index contributed by atoms with van der Waals surface area (Å²) in [5, 5.41) is 0. The molecule has 0 aliphatic heterocycles. The highest BCUT2D eigenvalue weighted by Crippen LogP contribution is 2.32. The van der Waals surface area contributed by atoms with Crippen LogP contribution in [-0.4, -0.2) is 13.1 Å². The Bertz CT molecular complexity index is 822. The van der Waals surface area contributed by atoms with E-state index in [0.29, 0.717) is 11.3 Å². The minimum Gasteiger partial charge on any atom is -0.496 e. The molecule has 3 nitrogen and oxygen atoms in total. The van der Waals surface area contributed by atoms with E-state index in [1.165, 1.54) is 19.1 Å². The number of rotatable bonds is 5. The van der Waals surface area contributed by atoms with Gasteiger partial charge in [0.2, 0.25) is 0 Å². The molecule has 0 amide bonds. The average Bonchev–Trinajstić information content (AvgIpc) is 2.55. The summed E-state index contributed by atoms with van der Waals surface area (Å²) in [6.07, 6.45) is 0. The lowest BCUT2D eigenvalue weighted by Crippen LogP contribution is -2.09. The molecular formula is C20H19FO3. The molecule has 0 unspecified atom stereocenters. The summed E-state index contributed by atoms with van der Waals surface area (Å²) >= 11 is 0. The molecule has 0 aliphatic rings. The van der Waals surface area contributed by atoms with Gasteiger partial charge in [0.25, 0.3) is 0 Å². The van der Waals surface area contributed by atoms with Gasteiger partial charge in [-0.25, -0.2) is 9.18 Å². The Morgan fingerprint density at radius 3 is 2.08 bits per heavy atom. The fraction of sp³-hybridized carbons (Fsp3) is 0.150. The van der Waals surface area contributed by atoms with Crippen molar-refractivity contribution in [3.63, 3.8) is 0 Å². The van der Waals surface area contributed by atoms with E-state index in [1.807, 2.05) is 25.1 Å². The fourth-order valence-electron chi connectivity index (χ4n) is 2.17. The summed E-state index contributed by atoms with van der Waals surface area (Å²) in [5.41, 5.74) is 3.38. The molecule has 0 radical (unpaired) electrons. The molecule has 0 heterocycles. The number of methoxy groups -OCH3 is 1. The van der Waals surface area contributed by atoms with Gasteiger partial charge in [0.15, 0.2) is 11.6 Å². The van der Waals surface area contributed by atoms with E-state index in [4.69, 9.17) is 9.47 Å². The molecule has 2 aromatic carbocycles. The van der Waals surface area contributed by atoms with Crippen LogP contribution in [-0.2, 0) is 4.79 Å². The van der Waals surface area contributed by atoms with Gasteiger partial charge >= 0.3 is 5.97 Å². The Morgan fingerprint density at radius 1 is 1.00 bits per heavy atom. The van der Waals surface area contributed by atoms with Crippen LogP contribution in [0.1, 0.15) is 19.4 Å². The van der Waals surface area contributed by atoms with Gasteiger partial charge < -0.3 is 9.47 Å². The molecule has 0 bridgehead atoms. The third kappa shape index (κ3) is 3.71. The maximum atomic E-state index is 14.2. The molecule has 0 saturated heterocycles. The van der Waals surface area contributed by atoms with Crippen LogP contribution in [0.2, 0.25) is 0 Å². The summed E-state index contributed by atoms with van der Waals surface area (Å²) in [7, 11) is 1.59. The van der Waals surface area contributed by atoms with Crippen LogP contribution in [0.25, 0.3) is 16.7 Å². The van der Waals surface area contributed by atoms with Crippen molar-refractivity contribution in [2.24, 2.45) is 0 Å².